The Bertz CT molecular complexity index is 509. The number of nitrogens with one attached hydrogen (secondary N) is 2. The molecular formula is C13H14ClN3O. The first-order valence-corrected chi connectivity index (χ1v) is 6.23. The van der Waals surface area contributed by atoms with E-state index in [1.54, 1.807) is 18.2 Å². The highest BCUT2D eigenvalue weighted by Gasteiger charge is 2.29. The van der Waals surface area contributed by atoms with Crippen LogP contribution in [0, 0.1) is 17.2 Å². The topological polar surface area (TPSA) is 64.9 Å². The highest BCUT2D eigenvalue weighted by molar-refractivity contribution is 6.31. The molecule has 0 spiro atoms. The Hall–Kier alpha value is -1.57. The molecular weight excluding hydrogens is 250 g/mol. The van der Waals surface area contributed by atoms with E-state index in [2.05, 4.69) is 10.6 Å². The van der Waals surface area contributed by atoms with Gasteiger partial charge in [0, 0.05) is 5.69 Å². The van der Waals surface area contributed by atoms with Gasteiger partial charge >= 0.3 is 0 Å². The van der Waals surface area contributed by atoms with Gasteiger partial charge in [-0.05, 0) is 37.1 Å². The van der Waals surface area contributed by atoms with Crippen LogP contribution in [0.1, 0.15) is 18.9 Å². The second kappa shape index (κ2) is 5.38. The van der Waals surface area contributed by atoms with Crippen LogP contribution in [0.2, 0.25) is 5.02 Å². The van der Waals surface area contributed by atoms with Crippen LogP contribution < -0.4 is 10.6 Å². The molecule has 2 N–H and O–H groups in total. The van der Waals surface area contributed by atoms with Crippen molar-refractivity contribution in [1.29, 1.82) is 5.26 Å². The smallest absolute Gasteiger partial charge is 0.241 e. The number of nitrogens with zero attached hydrogens (tertiary/aromatic N) is 1. The van der Waals surface area contributed by atoms with Crippen molar-refractivity contribution in [2.24, 2.45) is 5.92 Å². The Morgan fingerprint density at radius 2 is 2.39 bits per heavy atom. The third-order valence-corrected chi connectivity index (χ3v) is 3.50. The van der Waals surface area contributed by atoms with Crippen molar-refractivity contribution < 1.29 is 4.79 Å². The van der Waals surface area contributed by atoms with Gasteiger partial charge < -0.3 is 10.6 Å². The third kappa shape index (κ3) is 2.63. The van der Waals surface area contributed by atoms with Crippen LogP contribution in [0.5, 0.6) is 0 Å². The zero-order valence-corrected chi connectivity index (χ0v) is 10.8. The number of rotatable bonds is 2. The summed E-state index contributed by atoms with van der Waals surface area (Å²) in [6.45, 7) is 2.91. The lowest BCUT2D eigenvalue weighted by Gasteiger charge is -2.15. The second-order valence-electron chi connectivity index (χ2n) is 4.49. The lowest BCUT2D eigenvalue weighted by molar-refractivity contribution is -0.118. The van der Waals surface area contributed by atoms with E-state index < -0.39 is 0 Å². The van der Waals surface area contributed by atoms with Gasteiger partial charge in [-0.25, -0.2) is 0 Å². The summed E-state index contributed by atoms with van der Waals surface area (Å²) in [6.07, 6.45) is 1.00. The molecule has 1 aliphatic rings. The van der Waals surface area contributed by atoms with Gasteiger partial charge in [0.2, 0.25) is 5.91 Å². The summed E-state index contributed by atoms with van der Waals surface area (Å²) in [6, 6.07) is 6.72. The summed E-state index contributed by atoms with van der Waals surface area (Å²) in [4.78, 5) is 12.0. The van der Waals surface area contributed by atoms with Crippen LogP contribution in [-0.4, -0.2) is 18.5 Å². The molecule has 94 valence electrons. The Labute approximate surface area is 111 Å². The molecule has 2 atom stereocenters. The summed E-state index contributed by atoms with van der Waals surface area (Å²) in [5.74, 6) is 0.263. The SMILES string of the molecule is CC1CCNC1C(=O)Nc1ccc(Cl)c(C#N)c1. The average Bonchev–Trinajstić information content (AvgIpc) is 2.78. The first-order chi connectivity index (χ1) is 8.61. The lowest BCUT2D eigenvalue weighted by atomic mass is 10.0. The lowest BCUT2D eigenvalue weighted by Crippen LogP contribution is -2.39. The predicted octanol–water partition coefficient (Wildman–Crippen LogP) is 2.15. The first-order valence-electron chi connectivity index (χ1n) is 5.85. The molecule has 4 nitrogen and oxygen atoms in total. The second-order valence-corrected chi connectivity index (χ2v) is 4.90. The highest BCUT2D eigenvalue weighted by Crippen LogP contribution is 2.21. The van der Waals surface area contributed by atoms with Gasteiger partial charge in [0.15, 0.2) is 0 Å². The quantitative estimate of drug-likeness (QED) is 0.859. The van der Waals surface area contributed by atoms with Crippen molar-refractivity contribution in [3.63, 3.8) is 0 Å². The van der Waals surface area contributed by atoms with Crippen molar-refractivity contribution >= 4 is 23.2 Å². The van der Waals surface area contributed by atoms with E-state index in [1.807, 2.05) is 13.0 Å². The number of carbonyl (C=O) groups is 1. The van der Waals surface area contributed by atoms with E-state index in [9.17, 15) is 4.79 Å². The van der Waals surface area contributed by atoms with E-state index in [1.165, 1.54) is 0 Å². The molecule has 0 radical (unpaired) electrons. The van der Waals surface area contributed by atoms with Crippen LogP contribution in [0.25, 0.3) is 0 Å². The minimum absolute atomic E-state index is 0.0637. The molecule has 0 aromatic heterocycles. The summed E-state index contributed by atoms with van der Waals surface area (Å²) in [5.41, 5.74) is 0.962. The van der Waals surface area contributed by atoms with E-state index >= 15 is 0 Å². The molecule has 0 bridgehead atoms. The van der Waals surface area contributed by atoms with Crippen molar-refractivity contribution in [3.8, 4) is 6.07 Å². The van der Waals surface area contributed by atoms with Crippen molar-refractivity contribution in [2.45, 2.75) is 19.4 Å². The number of anilines is 1. The van der Waals surface area contributed by atoms with Gasteiger partial charge in [0.25, 0.3) is 0 Å². The third-order valence-electron chi connectivity index (χ3n) is 3.17. The molecule has 5 heteroatoms. The van der Waals surface area contributed by atoms with Crippen LogP contribution >= 0.6 is 11.6 Å². The molecule has 1 aromatic carbocycles. The van der Waals surface area contributed by atoms with Crippen LogP contribution in [0.15, 0.2) is 18.2 Å². The van der Waals surface area contributed by atoms with Crippen molar-refractivity contribution in [2.75, 3.05) is 11.9 Å². The molecule has 2 rings (SSSR count). The van der Waals surface area contributed by atoms with Crippen molar-refractivity contribution in [1.82, 2.24) is 5.32 Å². The Morgan fingerprint density at radius 1 is 1.61 bits per heavy atom. The molecule has 2 unspecified atom stereocenters. The monoisotopic (exact) mass is 263 g/mol. The Morgan fingerprint density at radius 3 is 3.00 bits per heavy atom. The maximum absolute atomic E-state index is 12.0. The number of carbonyl (C=O) groups excluding carboxylic acids is 1. The molecule has 18 heavy (non-hydrogen) atoms. The maximum atomic E-state index is 12.0. The fourth-order valence-electron chi connectivity index (χ4n) is 2.09. The van der Waals surface area contributed by atoms with Gasteiger partial charge in [0.05, 0.1) is 16.6 Å². The normalized spacial score (nSPS) is 22.5. The standard InChI is InChI=1S/C13H14ClN3O/c1-8-4-5-16-12(8)13(18)17-10-2-3-11(14)9(6-10)7-15/h2-3,6,8,12,16H,4-5H2,1H3,(H,17,18). The molecule has 1 saturated heterocycles. The number of halogens is 1. The van der Waals surface area contributed by atoms with Gasteiger partial charge in [-0.1, -0.05) is 18.5 Å². The molecule has 0 aliphatic carbocycles. The summed E-state index contributed by atoms with van der Waals surface area (Å²) >= 11 is 5.84. The van der Waals surface area contributed by atoms with Gasteiger partial charge in [-0.3, -0.25) is 4.79 Å². The minimum Gasteiger partial charge on any atom is -0.325 e. The average molecular weight is 264 g/mol. The first kappa shape index (κ1) is 12.9. The summed E-state index contributed by atoms with van der Waals surface area (Å²) < 4.78 is 0. The molecule has 0 saturated carbocycles. The molecule has 1 aromatic rings. The molecule has 1 fully saturated rings. The van der Waals surface area contributed by atoms with Crippen LogP contribution in [-0.2, 0) is 4.79 Å². The van der Waals surface area contributed by atoms with E-state index in [0.29, 0.717) is 22.2 Å². The Balaban J connectivity index is 2.10. The summed E-state index contributed by atoms with van der Waals surface area (Å²) in [7, 11) is 0. The van der Waals surface area contributed by atoms with E-state index in [-0.39, 0.29) is 11.9 Å². The number of hydrogen-bond donors (Lipinski definition) is 2. The van der Waals surface area contributed by atoms with Crippen LogP contribution in [0.4, 0.5) is 5.69 Å². The fourth-order valence-corrected chi connectivity index (χ4v) is 2.25. The zero-order valence-electron chi connectivity index (χ0n) is 10.0. The van der Waals surface area contributed by atoms with E-state index in [0.717, 1.165) is 13.0 Å². The Kier molecular flexibility index (Phi) is 3.85. The molecule has 1 heterocycles. The number of nitriles is 1. The number of hydrogen-bond acceptors (Lipinski definition) is 3. The van der Waals surface area contributed by atoms with Crippen molar-refractivity contribution in [3.05, 3.63) is 28.8 Å². The van der Waals surface area contributed by atoms with E-state index in [4.69, 9.17) is 16.9 Å². The zero-order chi connectivity index (χ0) is 13.1. The number of amides is 1. The summed E-state index contributed by atoms with van der Waals surface area (Å²) in [5, 5.41) is 15.2. The predicted molar refractivity (Wildman–Crippen MR) is 70.4 cm³/mol. The van der Waals surface area contributed by atoms with Gasteiger partial charge in [0.1, 0.15) is 6.07 Å². The van der Waals surface area contributed by atoms with Crippen LogP contribution in [0.3, 0.4) is 0 Å². The maximum Gasteiger partial charge on any atom is 0.241 e. The fraction of sp³-hybridized carbons (Fsp3) is 0.385. The van der Waals surface area contributed by atoms with Gasteiger partial charge in [-0.2, -0.15) is 5.26 Å². The molecule has 1 amide bonds. The number of benzene rings is 1. The van der Waals surface area contributed by atoms with Gasteiger partial charge in [-0.15, -0.1) is 0 Å². The highest BCUT2D eigenvalue weighted by atomic mass is 35.5. The largest absolute Gasteiger partial charge is 0.325 e. The minimum atomic E-state index is -0.161. The molecule has 1 aliphatic heterocycles.